The van der Waals surface area contributed by atoms with E-state index in [1.54, 1.807) is 24.4 Å². The summed E-state index contributed by atoms with van der Waals surface area (Å²) in [4.78, 5) is 32.9. The lowest BCUT2D eigenvalue weighted by atomic mass is 9.85. The average Bonchev–Trinajstić information content (AvgIpc) is 3.41. The van der Waals surface area contributed by atoms with Gasteiger partial charge in [-0.25, -0.2) is 0 Å². The number of carbonyl (C=O) groups excluding carboxylic acids is 2. The monoisotopic (exact) mass is 462 g/mol. The van der Waals surface area contributed by atoms with Gasteiger partial charge in [0.25, 0.3) is 11.7 Å². The quantitative estimate of drug-likeness (QED) is 0.325. The maximum Gasteiger partial charge on any atom is 0.296 e. The first-order valence-corrected chi connectivity index (χ1v) is 11.5. The molecule has 1 saturated heterocycles. The molecule has 1 aliphatic rings. The summed E-state index contributed by atoms with van der Waals surface area (Å²) in [6.45, 7) is 6.35. The molecule has 0 spiro atoms. The van der Waals surface area contributed by atoms with Crippen molar-refractivity contribution in [1.29, 1.82) is 0 Å². The molecular weight excluding hydrogens is 436 g/mol. The van der Waals surface area contributed by atoms with Crippen molar-refractivity contribution in [3.05, 3.63) is 87.4 Å². The van der Waals surface area contributed by atoms with Gasteiger partial charge in [-0.3, -0.25) is 14.6 Å². The summed E-state index contributed by atoms with van der Waals surface area (Å²) >= 11 is 1.43. The maximum absolute atomic E-state index is 13.2. The average molecular weight is 463 g/mol. The van der Waals surface area contributed by atoms with Gasteiger partial charge in [-0.15, -0.1) is 11.3 Å². The molecule has 0 aliphatic carbocycles. The highest BCUT2D eigenvalue weighted by atomic mass is 32.1. The number of thiophene rings is 1. The number of carbonyl (C=O) groups is 2. The normalized spacial score (nSPS) is 18.1. The molecule has 3 heterocycles. The minimum absolute atomic E-state index is 0.0581. The Hall–Kier alpha value is -3.45. The number of Topliss-reactive ketones (excluding diaryl/α,β-unsaturated/α-hetero) is 1. The Morgan fingerprint density at radius 2 is 1.94 bits per heavy atom. The van der Waals surface area contributed by atoms with Crippen molar-refractivity contribution in [3.8, 4) is 5.75 Å². The van der Waals surface area contributed by atoms with E-state index in [0.717, 1.165) is 10.4 Å². The molecule has 1 fully saturated rings. The lowest BCUT2D eigenvalue weighted by Crippen LogP contribution is -2.29. The summed E-state index contributed by atoms with van der Waals surface area (Å²) in [6.07, 6.45) is 1.65. The Morgan fingerprint density at radius 1 is 1.15 bits per heavy atom. The van der Waals surface area contributed by atoms with Crippen LogP contribution in [0.25, 0.3) is 5.76 Å². The zero-order chi connectivity index (χ0) is 23.8. The highest BCUT2D eigenvalue weighted by Crippen LogP contribution is 2.43. The number of ether oxygens (including phenoxy) is 1. The minimum atomic E-state index is -0.718. The van der Waals surface area contributed by atoms with Crippen LogP contribution in [0.15, 0.2) is 65.7 Å². The van der Waals surface area contributed by atoms with Crippen LogP contribution in [-0.4, -0.2) is 33.8 Å². The van der Waals surface area contributed by atoms with Crippen LogP contribution in [0.4, 0.5) is 0 Å². The van der Waals surface area contributed by atoms with Gasteiger partial charge < -0.3 is 14.7 Å². The van der Waals surface area contributed by atoms with Crippen molar-refractivity contribution in [2.45, 2.75) is 38.8 Å². The number of aliphatic hydroxyl groups excluding tert-OH is 1. The number of hydrogen-bond acceptors (Lipinski definition) is 6. The van der Waals surface area contributed by atoms with Crippen LogP contribution in [0, 0.1) is 0 Å². The second-order valence-corrected chi connectivity index (χ2v) is 9.91. The molecule has 1 N–H and O–H groups in total. The lowest BCUT2D eigenvalue weighted by molar-refractivity contribution is -0.140. The van der Waals surface area contributed by atoms with Crippen molar-refractivity contribution in [2.75, 3.05) is 7.11 Å². The van der Waals surface area contributed by atoms with E-state index in [9.17, 15) is 14.7 Å². The second kappa shape index (κ2) is 8.83. The van der Waals surface area contributed by atoms with Crippen molar-refractivity contribution < 1.29 is 19.4 Å². The number of ketones is 1. The lowest BCUT2D eigenvalue weighted by Gasteiger charge is -2.24. The topological polar surface area (TPSA) is 79.7 Å². The first-order chi connectivity index (χ1) is 15.7. The van der Waals surface area contributed by atoms with Crippen LogP contribution < -0.4 is 4.74 Å². The van der Waals surface area contributed by atoms with Crippen molar-refractivity contribution >= 4 is 28.8 Å². The Morgan fingerprint density at radius 3 is 2.55 bits per heavy atom. The van der Waals surface area contributed by atoms with Gasteiger partial charge in [0.05, 0.1) is 30.5 Å². The summed E-state index contributed by atoms with van der Waals surface area (Å²) in [5, 5.41) is 13.3. The number of nitrogens with zero attached hydrogens (tertiary/aromatic N) is 2. The summed E-state index contributed by atoms with van der Waals surface area (Å²) in [5.74, 6) is -1.18. The van der Waals surface area contributed by atoms with Crippen molar-refractivity contribution in [1.82, 2.24) is 9.88 Å². The fourth-order valence-electron chi connectivity index (χ4n) is 3.96. The second-order valence-electron chi connectivity index (χ2n) is 8.93. The number of aromatic nitrogens is 1. The smallest absolute Gasteiger partial charge is 0.296 e. The van der Waals surface area contributed by atoms with Gasteiger partial charge in [0.1, 0.15) is 17.6 Å². The highest BCUT2D eigenvalue weighted by molar-refractivity contribution is 7.10. The zero-order valence-corrected chi connectivity index (χ0v) is 19.8. The summed E-state index contributed by atoms with van der Waals surface area (Å²) in [7, 11) is 1.51. The third-order valence-corrected chi connectivity index (χ3v) is 6.66. The van der Waals surface area contributed by atoms with Crippen molar-refractivity contribution in [2.24, 2.45) is 0 Å². The third kappa shape index (κ3) is 4.28. The molecule has 2 aromatic heterocycles. The SMILES string of the molecule is COc1ccc(C(C)(C)C)cc1/C(O)=C1\C(=O)C(=O)N(Cc2ccccn2)C1c1cccs1. The molecule has 1 amide bonds. The standard InChI is InChI=1S/C26H26N2O4S/c1-26(2,3)16-10-11-19(32-4)18(14-16)23(29)21-22(20-9-7-13-33-20)28(25(31)24(21)30)15-17-8-5-6-12-27-17/h5-14,22,29H,15H2,1-4H3/b23-21+. The Kier molecular flexibility index (Phi) is 6.08. The summed E-state index contributed by atoms with van der Waals surface area (Å²) < 4.78 is 5.49. The third-order valence-electron chi connectivity index (χ3n) is 5.73. The van der Waals surface area contributed by atoms with Gasteiger partial charge in [0, 0.05) is 11.1 Å². The van der Waals surface area contributed by atoms with Crippen LogP contribution in [0.3, 0.4) is 0 Å². The number of rotatable bonds is 5. The predicted octanol–water partition coefficient (Wildman–Crippen LogP) is 5.07. The molecule has 1 atom stereocenters. The minimum Gasteiger partial charge on any atom is -0.507 e. The molecule has 1 aromatic carbocycles. The molecule has 7 heteroatoms. The highest BCUT2D eigenvalue weighted by Gasteiger charge is 2.47. The number of pyridine rings is 1. The van der Waals surface area contributed by atoms with E-state index in [-0.39, 0.29) is 23.3 Å². The zero-order valence-electron chi connectivity index (χ0n) is 19.0. The molecule has 6 nitrogen and oxygen atoms in total. The molecular formula is C26H26N2O4S. The van der Waals surface area contributed by atoms with E-state index < -0.39 is 17.7 Å². The first kappa shape index (κ1) is 22.7. The van der Waals surface area contributed by atoms with Crippen LogP contribution in [-0.2, 0) is 21.5 Å². The van der Waals surface area contributed by atoms with E-state index >= 15 is 0 Å². The molecule has 170 valence electrons. The van der Waals surface area contributed by atoms with Crippen LogP contribution >= 0.6 is 11.3 Å². The molecule has 33 heavy (non-hydrogen) atoms. The molecule has 0 saturated carbocycles. The van der Waals surface area contributed by atoms with E-state index in [1.807, 2.05) is 35.7 Å². The number of benzene rings is 1. The van der Waals surface area contributed by atoms with Crippen LogP contribution in [0.2, 0.25) is 0 Å². The maximum atomic E-state index is 13.2. The van der Waals surface area contributed by atoms with Gasteiger partial charge in [-0.2, -0.15) is 0 Å². The van der Waals surface area contributed by atoms with Gasteiger partial charge in [-0.05, 0) is 46.7 Å². The number of hydrogen-bond donors (Lipinski definition) is 1. The van der Waals surface area contributed by atoms with E-state index in [1.165, 1.54) is 23.3 Å². The number of likely N-dealkylation sites (tertiary alicyclic amines) is 1. The number of amides is 1. The first-order valence-electron chi connectivity index (χ1n) is 10.6. The van der Waals surface area contributed by atoms with E-state index in [4.69, 9.17) is 4.74 Å². The molecule has 1 aliphatic heterocycles. The fraction of sp³-hybridized carbons (Fsp3) is 0.269. The van der Waals surface area contributed by atoms with Gasteiger partial charge in [-0.1, -0.05) is 39.0 Å². The predicted molar refractivity (Wildman–Crippen MR) is 128 cm³/mol. The Balaban J connectivity index is 1.89. The van der Waals surface area contributed by atoms with E-state index in [0.29, 0.717) is 17.0 Å². The molecule has 4 rings (SSSR count). The van der Waals surface area contributed by atoms with Crippen molar-refractivity contribution in [3.63, 3.8) is 0 Å². The number of aliphatic hydroxyl groups is 1. The summed E-state index contributed by atoms with van der Waals surface area (Å²) in [6, 6.07) is 14.0. The van der Waals surface area contributed by atoms with E-state index in [2.05, 4.69) is 25.8 Å². The molecule has 0 bridgehead atoms. The Labute approximate surface area is 197 Å². The van der Waals surface area contributed by atoms with Gasteiger partial charge in [0.2, 0.25) is 0 Å². The van der Waals surface area contributed by atoms with Gasteiger partial charge in [0.15, 0.2) is 0 Å². The van der Waals surface area contributed by atoms with Crippen LogP contribution in [0.1, 0.15) is 48.5 Å². The fourth-order valence-corrected chi connectivity index (χ4v) is 4.80. The molecule has 1 unspecified atom stereocenters. The largest absolute Gasteiger partial charge is 0.507 e. The summed E-state index contributed by atoms with van der Waals surface area (Å²) in [5.41, 5.74) is 1.90. The molecule has 3 aromatic rings. The number of methoxy groups -OCH3 is 1. The Bertz CT molecular complexity index is 1210. The van der Waals surface area contributed by atoms with Gasteiger partial charge >= 0.3 is 0 Å². The molecule has 0 radical (unpaired) electrons. The van der Waals surface area contributed by atoms with Crippen LogP contribution in [0.5, 0.6) is 5.75 Å².